The lowest BCUT2D eigenvalue weighted by Crippen LogP contribution is -2.23. The third-order valence-electron chi connectivity index (χ3n) is 2.59. The summed E-state index contributed by atoms with van der Waals surface area (Å²) in [5.74, 6) is -0.201. The van der Waals surface area contributed by atoms with Gasteiger partial charge < -0.3 is 19.3 Å². The molecule has 2 rings (SSSR count). The molecule has 1 saturated heterocycles. The van der Waals surface area contributed by atoms with Gasteiger partial charge in [0.05, 0.1) is 13.7 Å². The van der Waals surface area contributed by atoms with Gasteiger partial charge in [-0.15, -0.1) is 0 Å². The van der Waals surface area contributed by atoms with E-state index in [4.69, 9.17) is 19.3 Å². The molecule has 0 saturated carbocycles. The molecule has 1 aromatic rings. The topological polar surface area (TPSA) is 65.0 Å². The Hall–Kier alpha value is -1.59. The van der Waals surface area contributed by atoms with Crippen LogP contribution in [0.2, 0.25) is 0 Å². The van der Waals surface area contributed by atoms with Gasteiger partial charge in [0, 0.05) is 6.42 Å². The highest BCUT2D eigenvalue weighted by atomic mass is 16.7. The van der Waals surface area contributed by atoms with Crippen LogP contribution in [0.25, 0.3) is 0 Å². The molecule has 0 aliphatic carbocycles. The molecule has 0 aromatic heterocycles. The fraction of sp³-hybridized carbons (Fsp3) is 0.417. The summed E-state index contributed by atoms with van der Waals surface area (Å²) in [6.07, 6.45) is -0.795. The second-order valence-electron chi connectivity index (χ2n) is 3.78. The molecule has 17 heavy (non-hydrogen) atoms. The van der Waals surface area contributed by atoms with Crippen LogP contribution in [-0.4, -0.2) is 37.2 Å². The van der Waals surface area contributed by atoms with Gasteiger partial charge in [0.1, 0.15) is 5.75 Å². The minimum atomic E-state index is -0.984. The number of ether oxygens (including phenoxy) is 3. The number of carboxylic acid groups (broad SMARTS) is 1. The van der Waals surface area contributed by atoms with Gasteiger partial charge in [-0.25, -0.2) is 4.79 Å². The Morgan fingerprint density at radius 3 is 2.71 bits per heavy atom. The molecule has 5 heteroatoms. The van der Waals surface area contributed by atoms with Crippen LogP contribution in [0.5, 0.6) is 5.75 Å². The molecule has 1 N–H and O–H groups in total. The summed E-state index contributed by atoms with van der Waals surface area (Å²) >= 11 is 0. The molecule has 1 fully saturated rings. The lowest BCUT2D eigenvalue weighted by molar-refractivity contribution is -0.150. The second-order valence-corrected chi connectivity index (χ2v) is 3.78. The Morgan fingerprint density at radius 1 is 1.47 bits per heavy atom. The highest BCUT2D eigenvalue weighted by molar-refractivity contribution is 5.72. The summed E-state index contributed by atoms with van der Waals surface area (Å²) in [6.45, 7) is 0.107. The molecule has 0 bridgehead atoms. The van der Waals surface area contributed by atoms with Crippen molar-refractivity contribution in [2.45, 2.75) is 18.8 Å². The van der Waals surface area contributed by atoms with Crippen molar-refractivity contribution < 1.29 is 24.1 Å². The molecule has 1 aromatic carbocycles. The van der Waals surface area contributed by atoms with Crippen molar-refractivity contribution in [2.75, 3.05) is 13.7 Å². The van der Waals surface area contributed by atoms with Crippen LogP contribution in [0.1, 0.15) is 5.56 Å². The van der Waals surface area contributed by atoms with E-state index < -0.39 is 18.4 Å². The summed E-state index contributed by atoms with van der Waals surface area (Å²) in [6, 6.07) is 7.50. The zero-order chi connectivity index (χ0) is 12.3. The normalized spacial score (nSPS) is 23.6. The summed E-state index contributed by atoms with van der Waals surface area (Å²) < 4.78 is 15.5. The monoisotopic (exact) mass is 238 g/mol. The van der Waals surface area contributed by atoms with E-state index in [0.29, 0.717) is 6.42 Å². The predicted molar refractivity (Wildman–Crippen MR) is 58.9 cm³/mol. The fourth-order valence-electron chi connectivity index (χ4n) is 1.65. The van der Waals surface area contributed by atoms with Crippen LogP contribution >= 0.6 is 0 Å². The molecule has 1 heterocycles. The molecule has 92 valence electrons. The Labute approximate surface area is 98.9 Å². The first-order chi connectivity index (χ1) is 8.19. The number of rotatable bonds is 4. The van der Waals surface area contributed by atoms with Crippen molar-refractivity contribution in [1.82, 2.24) is 0 Å². The van der Waals surface area contributed by atoms with Gasteiger partial charge in [-0.05, 0) is 17.7 Å². The molecule has 0 spiro atoms. The first-order valence-corrected chi connectivity index (χ1v) is 5.32. The highest BCUT2D eigenvalue weighted by Gasteiger charge is 2.31. The Bertz CT molecular complexity index is 386. The molecule has 1 aliphatic rings. The van der Waals surface area contributed by atoms with Crippen LogP contribution in [-0.2, 0) is 20.7 Å². The highest BCUT2D eigenvalue weighted by Crippen LogP contribution is 2.18. The third kappa shape index (κ3) is 2.95. The van der Waals surface area contributed by atoms with E-state index in [1.807, 2.05) is 24.3 Å². The van der Waals surface area contributed by atoms with E-state index in [1.165, 1.54) is 0 Å². The van der Waals surface area contributed by atoms with Gasteiger partial charge in [0.25, 0.3) is 0 Å². The molecular formula is C12H14O5. The maximum atomic E-state index is 10.7. The van der Waals surface area contributed by atoms with Crippen molar-refractivity contribution in [1.29, 1.82) is 0 Å². The van der Waals surface area contributed by atoms with Gasteiger partial charge >= 0.3 is 5.97 Å². The summed E-state index contributed by atoms with van der Waals surface area (Å²) in [4.78, 5) is 10.7. The van der Waals surface area contributed by atoms with Gasteiger partial charge in [-0.3, -0.25) is 0 Å². The number of hydrogen-bond acceptors (Lipinski definition) is 4. The average Bonchev–Trinajstić information content (AvgIpc) is 2.79. The Balaban J connectivity index is 1.91. The van der Waals surface area contributed by atoms with Crippen LogP contribution < -0.4 is 4.74 Å². The standard InChI is InChI=1S/C12H14O5/c1-15-9-4-2-8(3-5-9)6-11-16-7-10(17-11)12(13)14/h2-5,10-11H,6-7H2,1H3,(H,13,14). The first kappa shape index (κ1) is 11.9. The number of carboxylic acids is 1. The largest absolute Gasteiger partial charge is 0.497 e. The lowest BCUT2D eigenvalue weighted by Gasteiger charge is -2.10. The van der Waals surface area contributed by atoms with Crippen LogP contribution in [0.15, 0.2) is 24.3 Å². The lowest BCUT2D eigenvalue weighted by atomic mass is 10.1. The maximum Gasteiger partial charge on any atom is 0.335 e. The summed E-state index contributed by atoms with van der Waals surface area (Å²) in [5, 5.41) is 8.74. The molecule has 2 atom stereocenters. The Kier molecular flexibility index (Phi) is 3.61. The van der Waals surface area contributed by atoms with Crippen molar-refractivity contribution in [3.8, 4) is 5.75 Å². The minimum absolute atomic E-state index is 0.107. The van der Waals surface area contributed by atoms with Crippen LogP contribution in [0.3, 0.4) is 0 Å². The van der Waals surface area contributed by atoms with E-state index in [1.54, 1.807) is 7.11 Å². The molecule has 2 unspecified atom stereocenters. The Morgan fingerprint density at radius 2 is 2.18 bits per heavy atom. The van der Waals surface area contributed by atoms with Crippen LogP contribution in [0, 0.1) is 0 Å². The second kappa shape index (κ2) is 5.16. The number of methoxy groups -OCH3 is 1. The zero-order valence-electron chi connectivity index (χ0n) is 9.46. The predicted octanol–water partition coefficient (Wildman–Crippen LogP) is 1.06. The van der Waals surface area contributed by atoms with Gasteiger partial charge in [-0.2, -0.15) is 0 Å². The zero-order valence-corrected chi connectivity index (χ0v) is 9.46. The summed E-state index contributed by atoms with van der Waals surface area (Å²) in [5.41, 5.74) is 1.02. The molecular weight excluding hydrogens is 224 g/mol. The molecule has 0 amide bonds. The third-order valence-corrected chi connectivity index (χ3v) is 2.59. The maximum absolute atomic E-state index is 10.7. The number of hydrogen-bond donors (Lipinski definition) is 1. The smallest absolute Gasteiger partial charge is 0.335 e. The van der Waals surface area contributed by atoms with Crippen molar-refractivity contribution in [2.24, 2.45) is 0 Å². The van der Waals surface area contributed by atoms with E-state index in [9.17, 15) is 4.79 Å². The number of benzene rings is 1. The average molecular weight is 238 g/mol. The van der Waals surface area contributed by atoms with Crippen molar-refractivity contribution in [3.63, 3.8) is 0 Å². The van der Waals surface area contributed by atoms with Gasteiger partial charge in [0.2, 0.25) is 0 Å². The SMILES string of the molecule is COc1ccc(CC2OCC(C(=O)O)O2)cc1. The number of carbonyl (C=O) groups is 1. The van der Waals surface area contributed by atoms with Gasteiger partial charge in [0.15, 0.2) is 12.4 Å². The van der Waals surface area contributed by atoms with Crippen molar-refractivity contribution in [3.05, 3.63) is 29.8 Å². The molecule has 5 nitrogen and oxygen atoms in total. The number of aliphatic carboxylic acids is 1. The fourth-order valence-corrected chi connectivity index (χ4v) is 1.65. The van der Waals surface area contributed by atoms with E-state index in [0.717, 1.165) is 11.3 Å². The van der Waals surface area contributed by atoms with Gasteiger partial charge in [-0.1, -0.05) is 12.1 Å². The van der Waals surface area contributed by atoms with E-state index in [-0.39, 0.29) is 6.61 Å². The van der Waals surface area contributed by atoms with Crippen molar-refractivity contribution >= 4 is 5.97 Å². The molecule has 1 aliphatic heterocycles. The summed E-state index contributed by atoms with van der Waals surface area (Å²) in [7, 11) is 1.61. The quantitative estimate of drug-likeness (QED) is 0.849. The van der Waals surface area contributed by atoms with E-state index >= 15 is 0 Å². The first-order valence-electron chi connectivity index (χ1n) is 5.32. The van der Waals surface area contributed by atoms with Crippen LogP contribution in [0.4, 0.5) is 0 Å². The van der Waals surface area contributed by atoms with E-state index in [2.05, 4.69) is 0 Å². The minimum Gasteiger partial charge on any atom is -0.497 e. The molecule has 0 radical (unpaired) electrons.